The van der Waals surface area contributed by atoms with E-state index in [-0.39, 0.29) is 10.6 Å². The van der Waals surface area contributed by atoms with Crippen molar-refractivity contribution in [2.75, 3.05) is 11.9 Å². The number of nitro benzene ring substituents is 1. The fourth-order valence-corrected chi connectivity index (χ4v) is 2.65. The molecule has 1 aromatic carbocycles. The summed E-state index contributed by atoms with van der Waals surface area (Å²) in [5.41, 5.74) is 0.992. The van der Waals surface area contributed by atoms with E-state index in [0.717, 1.165) is 24.6 Å². The van der Waals surface area contributed by atoms with Crippen molar-refractivity contribution in [3.63, 3.8) is 0 Å². The van der Waals surface area contributed by atoms with Gasteiger partial charge in [-0.15, -0.1) is 0 Å². The molecule has 0 saturated heterocycles. The van der Waals surface area contributed by atoms with Gasteiger partial charge in [-0.05, 0) is 24.8 Å². The molecule has 1 N–H and O–H groups in total. The number of hydrogen-bond donors (Lipinski definition) is 1. The molecule has 0 aliphatic heterocycles. The lowest BCUT2D eigenvalue weighted by Gasteiger charge is -2.09. The molecule has 1 aromatic rings. The average Bonchev–Trinajstić information content (AvgIpc) is 2.88. The van der Waals surface area contributed by atoms with Crippen LogP contribution in [0.4, 0.5) is 11.4 Å². The van der Waals surface area contributed by atoms with Crippen molar-refractivity contribution in [3.8, 4) is 0 Å². The van der Waals surface area contributed by atoms with Gasteiger partial charge in [0.1, 0.15) is 0 Å². The van der Waals surface area contributed by atoms with Crippen LogP contribution in [0.2, 0.25) is 0 Å². The summed E-state index contributed by atoms with van der Waals surface area (Å²) in [6, 6.07) is 6.71. The van der Waals surface area contributed by atoms with E-state index in [1.807, 2.05) is 6.07 Å². The third kappa shape index (κ3) is 3.72. The SMILES string of the molecule is O=[N+]([O-])c1cccc(NCCCC2CCCC2)c1. The zero-order valence-electron chi connectivity index (χ0n) is 10.6. The molecule has 1 aliphatic carbocycles. The molecule has 0 atom stereocenters. The summed E-state index contributed by atoms with van der Waals surface area (Å²) in [6.07, 6.45) is 7.98. The lowest BCUT2D eigenvalue weighted by atomic mass is 10.0. The van der Waals surface area contributed by atoms with Crippen LogP contribution in [0, 0.1) is 16.0 Å². The molecule has 0 spiro atoms. The van der Waals surface area contributed by atoms with Crippen molar-refractivity contribution in [2.45, 2.75) is 38.5 Å². The predicted molar refractivity (Wildman–Crippen MR) is 72.8 cm³/mol. The van der Waals surface area contributed by atoms with Crippen LogP contribution in [0.3, 0.4) is 0 Å². The van der Waals surface area contributed by atoms with Crippen molar-refractivity contribution >= 4 is 11.4 Å². The largest absolute Gasteiger partial charge is 0.385 e. The molecule has 0 aromatic heterocycles. The van der Waals surface area contributed by atoms with Gasteiger partial charge >= 0.3 is 0 Å². The summed E-state index contributed by atoms with van der Waals surface area (Å²) >= 11 is 0. The van der Waals surface area contributed by atoms with E-state index in [1.54, 1.807) is 12.1 Å². The average molecular weight is 248 g/mol. The van der Waals surface area contributed by atoms with Gasteiger partial charge in [0.2, 0.25) is 0 Å². The number of benzene rings is 1. The van der Waals surface area contributed by atoms with Crippen molar-refractivity contribution in [3.05, 3.63) is 34.4 Å². The number of nitrogens with one attached hydrogen (secondary N) is 1. The van der Waals surface area contributed by atoms with Crippen LogP contribution in [0.15, 0.2) is 24.3 Å². The summed E-state index contributed by atoms with van der Waals surface area (Å²) in [6.45, 7) is 0.900. The molecule has 4 nitrogen and oxygen atoms in total. The van der Waals surface area contributed by atoms with Gasteiger partial charge in [0.05, 0.1) is 4.92 Å². The van der Waals surface area contributed by atoms with E-state index in [2.05, 4.69) is 5.32 Å². The summed E-state index contributed by atoms with van der Waals surface area (Å²) < 4.78 is 0. The Morgan fingerprint density at radius 2 is 2.11 bits per heavy atom. The molecular weight excluding hydrogens is 228 g/mol. The zero-order valence-corrected chi connectivity index (χ0v) is 10.6. The molecule has 1 saturated carbocycles. The maximum atomic E-state index is 10.6. The minimum Gasteiger partial charge on any atom is -0.385 e. The van der Waals surface area contributed by atoms with Crippen LogP contribution in [0.25, 0.3) is 0 Å². The monoisotopic (exact) mass is 248 g/mol. The zero-order chi connectivity index (χ0) is 12.8. The third-order valence-corrected chi connectivity index (χ3v) is 3.65. The van der Waals surface area contributed by atoms with Crippen LogP contribution in [-0.2, 0) is 0 Å². The van der Waals surface area contributed by atoms with Gasteiger partial charge < -0.3 is 5.32 Å². The topological polar surface area (TPSA) is 55.2 Å². The minimum atomic E-state index is -0.357. The lowest BCUT2D eigenvalue weighted by Crippen LogP contribution is -2.04. The van der Waals surface area contributed by atoms with Crippen LogP contribution in [0.5, 0.6) is 0 Å². The molecule has 1 fully saturated rings. The first-order valence-electron chi connectivity index (χ1n) is 6.74. The fraction of sp³-hybridized carbons (Fsp3) is 0.571. The second-order valence-electron chi connectivity index (χ2n) is 5.03. The maximum absolute atomic E-state index is 10.6. The van der Waals surface area contributed by atoms with Gasteiger partial charge in [0.25, 0.3) is 5.69 Å². The number of rotatable bonds is 6. The van der Waals surface area contributed by atoms with Crippen molar-refractivity contribution in [1.82, 2.24) is 0 Å². The Balaban J connectivity index is 1.72. The molecule has 0 bridgehead atoms. The minimum absolute atomic E-state index is 0.149. The van der Waals surface area contributed by atoms with Crippen molar-refractivity contribution in [2.24, 2.45) is 5.92 Å². The smallest absolute Gasteiger partial charge is 0.271 e. The van der Waals surface area contributed by atoms with E-state index in [9.17, 15) is 10.1 Å². The van der Waals surface area contributed by atoms with E-state index >= 15 is 0 Å². The second-order valence-corrected chi connectivity index (χ2v) is 5.03. The maximum Gasteiger partial charge on any atom is 0.271 e. The molecule has 0 heterocycles. The Kier molecular flexibility index (Phi) is 4.56. The summed E-state index contributed by atoms with van der Waals surface area (Å²) in [7, 11) is 0. The highest BCUT2D eigenvalue weighted by molar-refractivity contribution is 5.50. The molecule has 4 heteroatoms. The Morgan fingerprint density at radius 1 is 1.33 bits per heavy atom. The van der Waals surface area contributed by atoms with E-state index in [0.29, 0.717) is 0 Å². The summed E-state index contributed by atoms with van der Waals surface area (Å²) in [4.78, 5) is 10.3. The van der Waals surface area contributed by atoms with Gasteiger partial charge in [0, 0.05) is 24.4 Å². The van der Waals surface area contributed by atoms with Crippen LogP contribution >= 0.6 is 0 Å². The fourth-order valence-electron chi connectivity index (χ4n) is 2.65. The van der Waals surface area contributed by atoms with Gasteiger partial charge in [-0.1, -0.05) is 31.7 Å². The number of non-ortho nitro benzene ring substituents is 1. The normalized spacial score (nSPS) is 15.8. The van der Waals surface area contributed by atoms with Crippen LogP contribution in [0.1, 0.15) is 38.5 Å². The highest BCUT2D eigenvalue weighted by atomic mass is 16.6. The molecule has 0 radical (unpaired) electrons. The highest BCUT2D eigenvalue weighted by Gasteiger charge is 2.13. The quantitative estimate of drug-likeness (QED) is 0.470. The van der Waals surface area contributed by atoms with Crippen LogP contribution in [-0.4, -0.2) is 11.5 Å². The van der Waals surface area contributed by atoms with E-state index in [1.165, 1.54) is 38.2 Å². The number of nitrogens with zero attached hydrogens (tertiary/aromatic N) is 1. The first-order valence-corrected chi connectivity index (χ1v) is 6.74. The number of nitro groups is 1. The van der Waals surface area contributed by atoms with Gasteiger partial charge in [-0.3, -0.25) is 10.1 Å². The van der Waals surface area contributed by atoms with E-state index < -0.39 is 0 Å². The molecule has 0 unspecified atom stereocenters. The summed E-state index contributed by atoms with van der Waals surface area (Å²) in [5, 5.41) is 13.9. The Labute approximate surface area is 108 Å². The predicted octanol–water partition coefficient (Wildman–Crippen LogP) is 3.98. The Hall–Kier alpha value is -1.58. The van der Waals surface area contributed by atoms with Gasteiger partial charge in [-0.25, -0.2) is 0 Å². The lowest BCUT2D eigenvalue weighted by molar-refractivity contribution is -0.384. The third-order valence-electron chi connectivity index (χ3n) is 3.65. The second kappa shape index (κ2) is 6.38. The first kappa shape index (κ1) is 12.9. The molecule has 98 valence electrons. The molecule has 1 aliphatic rings. The Morgan fingerprint density at radius 3 is 2.83 bits per heavy atom. The first-order chi connectivity index (χ1) is 8.75. The highest BCUT2D eigenvalue weighted by Crippen LogP contribution is 2.28. The Bertz CT molecular complexity index is 401. The van der Waals surface area contributed by atoms with Gasteiger partial charge in [0.15, 0.2) is 0 Å². The number of anilines is 1. The van der Waals surface area contributed by atoms with Gasteiger partial charge in [-0.2, -0.15) is 0 Å². The van der Waals surface area contributed by atoms with E-state index in [4.69, 9.17) is 0 Å². The molecule has 18 heavy (non-hydrogen) atoms. The van der Waals surface area contributed by atoms with Crippen molar-refractivity contribution in [1.29, 1.82) is 0 Å². The molecular formula is C14H20N2O2. The standard InChI is InChI=1S/C14H20N2O2/c17-16(18)14-9-3-8-13(11-14)15-10-4-7-12-5-1-2-6-12/h3,8-9,11-12,15H,1-2,4-7,10H2. The van der Waals surface area contributed by atoms with Crippen LogP contribution < -0.4 is 5.32 Å². The molecule has 2 rings (SSSR count). The summed E-state index contributed by atoms with van der Waals surface area (Å²) in [5.74, 6) is 0.914. The molecule has 0 amide bonds. The van der Waals surface area contributed by atoms with Crippen molar-refractivity contribution < 1.29 is 4.92 Å². The number of hydrogen-bond acceptors (Lipinski definition) is 3.